The average Bonchev–Trinajstić information content (AvgIpc) is 3.52. The fourth-order valence-electron chi connectivity index (χ4n) is 4.30. The van der Waals surface area contributed by atoms with Crippen molar-refractivity contribution in [1.29, 1.82) is 0 Å². The molecule has 0 saturated carbocycles. The van der Waals surface area contributed by atoms with Crippen molar-refractivity contribution in [2.45, 2.75) is 12.8 Å². The van der Waals surface area contributed by atoms with E-state index < -0.39 is 0 Å². The predicted octanol–water partition coefficient (Wildman–Crippen LogP) is 4.96. The predicted molar refractivity (Wildman–Crippen MR) is 164 cm³/mol. The molecule has 0 atom stereocenters. The SMILES string of the molecule is COc1ccc(-c2nnc(NC(=O)CCN(CCc3ccc(OC)c(OC)c3)C(=O)c3ccc(OC)cc3OC)s2)cc1. The molecule has 0 fully saturated rings. The van der Waals surface area contributed by atoms with Crippen molar-refractivity contribution >= 4 is 28.3 Å². The summed E-state index contributed by atoms with van der Waals surface area (Å²) in [5.41, 5.74) is 2.17. The monoisotopic (exact) mass is 606 g/mol. The minimum Gasteiger partial charge on any atom is -0.497 e. The van der Waals surface area contributed by atoms with Crippen LogP contribution < -0.4 is 29.0 Å². The summed E-state index contributed by atoms with van der Waals surface area (Å²) in [4.78, 5) is 28.3. The average molecular weight is 607 g/mol. The number of carbonyl (C=O) groups is 2. The highest BCUT2D eigenvalue weighted by molar-refractivity contribution is 7.18. The first-order valence-electron chi connectivity index (χ1n) is 13.4. The summed E-state index contributed by atoms with van der Waals surface area (Å²) in [7, 11) is 7.79. The second-order valence-corrected chi connectivity index (χ2v) is 10.2. The molecule has 43 heavy (non-hydrogen) atoms. The summed E-state index contributed by atoms with van der Waals surface area (Å²) >= 11 is 1.26. The third-order valence-corrected chi connectivity index (χ3v) is 7.55. The van der Waals surface area contributed by atoms with Crippen molar-refractivity contribution < 1.29 is 33.3 Å². The minimum atomic E-state index is -0.289. The van der Waals surface area contributed by atoms with Gasteiger partial charge >= 0.3 is 0 Å². The molecule has 0 aliphatic rings. The van der Waals surface area contributed by atoms with E-state index in [1.165, 1.54) is 18.4 Å². The van der Waals surface area contributed by atoms with Gasteiger partial charge in [0, 0.05) is 31.1 Å². The summed E-state index contributed by atoms with van der Waals surface area (Å²) in [6.45, 7) is 0.508. The number of nitrogens with one attached hydrogen (secondary N) is 1. The zero-order valence-corrected chi connectivity index (χ0v) is 25.5. The number of amides is 2. The number of hydrogen-bond donors (Lipinski definition) is 1. The van der Waals surface area contributed by atoms with E-state index in [0.29, 0.717) is 51.7 Å². The summed E-state index contributed by atoms with van der Waals surface area (Å²) in [5, 5.41) is 12.1. The summed E-state index contributed by atoms with van der Waals surface area (Å²) in [5.74, 6) is 2.33. The van der Waals surface area contributed by atoms with Crippen molar-refractivity contribution in [3.05, 3.63) is 71.8 Å². The van der Waals surface area contributed by atoms with Crippen LogP contribution in [0.4, 0.5) is 5.13 Å². The van der Waals surface area contributed by atoms with Crippen LogP contribution in [-0.2, 0) is 11.2 Å². The standard InChI is InChI=1S/C31H34N4O7S/c1-38-22-9-7-21(8-10-22)29-33-34-31(43-29)32-28(36)15-17-35(16-14-20-6-13-25(40-3)27(18-20)42-5)30(37)24-12-11-23(39-2)19-26(24)41-4/h6-13,18-19H,14-17H2,1-5H3,(H,32,34,36). The number of methoxy groups -OCH3 is 5. The Balaban J connectivity index is 1.47. The summed E-state index contributed by atoms with van der Waals surface area (Å²) < 4.78 is 26.7. The number of benzene rings is 3. The lowest BCUT2D eigenvalue weighted by molar-refractivity contribution is -0.116. The maximum Gasteiger partial charge on any atom is 0.257 e. The number of anilines is 1. The van der Waals surface area contributed by atoms with E-state index in [1.807, 2.05) is 42.5 Å². The Hall–Kier alpha value is -4.84. The molecular formula is C31H34N4O7S. The molecule has 1 heterocycles. The molecule has 0 saturated heterocycles. The second kappa shape index (κ2) is 14.9. The second-order valence-electron chi connectivity index (χ2n) is 9.24. The molecule has 0 bridgehead atoms. The van der Waals surface area contributed by atoms with E-state index in [2.05, 4.69) is 15.5 Å². The van der Waals surface area contributed by atoms with E-state index in [-0.39, 0.29) is 24.8 Å². The van der Waals surface area contributed by atoms with Crippen molar-refractivity contribution in [1.82, 2.24) is 15.1 Å². The van der Waals surface area contributed by atoms with Gasteiger partial charge in [-0.15, -0.1) is 10.2 Å². The van der Waals surface area contributed by atoms with Gasteiger partial charge in [0.05, 0.1) is 41.1 Å². The highest BCUT2D eigenvalue weighted by atomic mass is 32.1. The Labute approximate surface area is 254 Å². The van der Waals surface area contributed by atoms with Crippen LogP contribution in [0.3, 0.4) is 0 Å². The molecule has 11 nitrogen and oxygen atoms in total. The van der Waals surface area contributed by atoms with Crippen LogP contribution in [0.15, 0.2) is 60.7 Å². The first-order valence-corrected chi connectivity index (χ1v) is 14.2. The number of rotatable bonds is 14. The first kappa shape index (κ1) is 31.1. The number of aromatic nitrogens is 2. The molecule has 2 amide bonds. The molecular weight excluding hydrogens is 572 g/mol. The summed E-state index contributed by atoms with van der Waals surface area (Å²) in [6.07, 6.45) is 0.571. The Kier molecular flexibility index (Phi) is 10.8. The third kappa shape index (κ3) is 7.92. The van der Waals surface area contributed by atoms with Gasteiger partial charge in [0.2, 0.25) is 11.0 Å². The van der Waals surface area contributed by atoms with E-state index in [0.717, 1.165) is 16.9 Å². The molecule has 4 rings (SSSR count). The van der Waals surface area contributed by atoms with Crippen LogP contribution in [0, 0.1) is 0 Å². The van der Waals surface area contributed by atoms with Crippen LogP contribution in [-0.4, -0.2) is 75.6 Å². The number of carbonyl (C=O) groups excluding carboxylic acids is 2. The molecule has 3 aromatic carbocycles. The van der Waals surface area contributed by atoms with Crippen molar-refractivity contribution in [2.24, 2.45) is 0 Å². The maximum atomic E-state index is 13.7. The fraction of sp³-hybridized carbons (Fsp3) is 0.290. The molecule has 0 aliphatic heterocycles. The lowest BCUT2D eigenvalue weighted by Gasteiger charge is -2.24. The van der Waals surface area contributed by atoms with Crippen LogP contribution in [0.25, 0.3) is 10.6 Å². The summed E-state index contributed by atoms with van der Waals surface area (Å²) in [6, 6.07) is 18.0. The van der Waals surface area contributed by atoms with Gasteiger partial charge in [-0.25, -0.2) is 0 Å². The lowest BCUT2D eigenvalue weighted by atomic mass is 10.1. The van der Waals surface area contributed by atoms with E-state index in [1.54, 1.807) is 51.5 Å². The van der Waals surface area contributed by atoms with E-state index in [9.17, 15) is 9.59 Å². The van der Waals surface area contributed by atoms with Gasteiger partial charge in [-0.3, -0.25) is 9.59 Å². The van der Waals surface area contributed by atoms with Crippen LogP contribution >= 0.6 is 11.3 Å². The van der Waals surface area contributed by atoms with Gasteiger partial charge in [0.1, 0.15) is 22.3 Å². The van der Waals surface area contributed by atoms with E-state index in [4.69, 9.17) is 23.7 Å². The third-order valence-electron chi connectivity index (χ3n) is 6.66. The van der Waals surface area contributed by atoms with Crippen molar-refractivity contribution in [2.75, 3.05) is 54.0 Å². The van der Waals surface area contributed by atoms with Crippen LogP contribution in [0.1, 0.15) is 22.3 Å². The Morgan fingerprint density at radius 3 is 2.12 bits per heavy atom. The molecule has 0 radical (unpaired) electrons. The van der Waals surface area contributed by atoms with Crippen LogP contribution in [0.2, 0.25) is 0 Å². The maximum absolute atomic E-state index is 13.7. The van der Waals surface area contributed by atoms with Gasteiger partial charge < -0.3 is 33.9 Å². The van der Waals surface area contributed by atoms with Gasteiger partial charge in [0.15, 0.2) is 11.5 Å². The zero-order chi connectivity index (χ0) is 30.8. The molecule has 1 N–H and O–H groups in total. The van der Waals surface area contributed by atoms with Gasteiger partial charge in [-0.1, -0.05) is 17.4 Å². The molecule has 4 aromatic rings. The first-order chi connectivity index (χ1) is 20.9. The number of ether oxygens (including phenoxy) is 5. The molecule has 0 unspecified atom stereocenters. The van der Waals surface area contributed by atoms with Gasteiger partial charge in [0.25, 0.3) is 5.91 Å². The Morgan fingerprint density at radius 1 is 0.744 bits per heavy atom. The highest BCUT2D eigenvalue weighted by Gasteiger charge is 2.22. The fourth-order valence-corrected chi connectivity index (χ4v) is 5.07. The topological polar surface area (TPSA) is 121 Å². The van der Waals surface area contributed by atoms with Crippen LogP contribution in [0.5, 0.6) is 28.7 Å². The van der Waals surface area contributed by atoms with Crippen molar-refractivity contribution in [3.8, 4) is 39.3 Å². The van der Waals surface area contributed by atoms with Gasteiger partial charge in [-0.05, 0) is 60.5 Å². The van der Waals surface area contributed by atoms with E-state index >= 15 is 0 Å². The minimum absolute atomic E-state index is 0.0492. The Morgan fingerprint density at radius 2 is 1.44 bits per heavy atom. The molecule has 226 valence electrons. The molecule has 12 heteroatoms. The number of hydrogen-bond acceptors (Lipinski definition) is 10. The van der Waals surface area contributed by atoms with Crippen molar-refractivity contribution in [3.63, 3.8) is 0 Å². The lowest BCUT2D eigenvalue weighted by Crippen LogP contribution is -2.35. The smallest absolute Gasteiger partial charge is 0.257 e. The zero-order valence-electron chi connectivity index (χ0n) is 24.7. The number of nitrogens with zero attached hydrogens (tertiary/aromatic N) is 3. The normalized spacial score (nSPS) is 10.5. The highest BCUT2D eigenvalue weighted by Crippen LogP contribution is 2.30. The largest absolute Gasteiger partial charge is 0.497 e. The molecule has 1 aromatic heterocycles. The quantitative estimate of drug-likeness (QED) is 0.212. The Bertz CT molecular complexity index is 1540. The van der Waals surface area contributed by atoms with Gasteiger partial charge in [-0.2, -0.15) is 0 Å². The molecule has 0 aliphatic carbocycles. The molecule has 0 spiro atoms.